The number of benzene rings is 1. The summed E-state index contributed by atoms with van der Waals surface area (Å²) in [6.45, 7) is 0.988. The highest BCUT2D eigenvalue weighted by molar-refractivity contribution is 7.21. The number of ether oxygens (including phenoxy) is 2. The van der Waals surface area contributed by atoms with Crippen LogP contribution in [0.5, 0.6) is 0 Å². The lowest BCUT2D eigenvalue weighted by atomic mass is 9.88. The lowest BCUT2D eigenvalue weighted by molar-refractivity contribution is -0.0661. The maximum atomic E-state index is 14.7. The molecular weight excluding hydrogens is 471 g/mol. The van der Waals surface area contributed by atoms with Crippen LogP contribution in [0.4, 0.5) is 19.0 Å². The third-order valence-electron chi connectivity index (χ3n) is 6.06. The minimum absolute atomic E-state index is 0.0202. The average Bonchev–Trinajstić information content (AvgIpc) is 3.31. The summed E-state index contributed by atoms with van der Waals surface area (Å²) in [5.41, 5.74) is -1.23. The van der Waals surface area contributed by atoms with E-state index in [0.717, 1.165) is 10.8 Å². The van der Waals surface area contributed by atoms with Crippen molar-refractivity contribution in [2.75, 3.05) is 32.2 Å². The molecule has 11 heteroatoms. The summed E-state index contributed by atoms with van der Waals surface area (Å²) in [7, 11) is 1.51. The largest absolute Gasteiger partial charge is 0.390 e. The number of aliphatic hydroxyl groups excluding tert-OH is 1. The van der Waals surface area contributed by atoms with Crippen molar-refractivity contribution in [1.82, 2.24) is 10.2 Å². The quantitative estimate of drug-likeness (QED) is 0.452. The third kappa shape index (κ3) is 4.40. The van der Waals surface area contributed by atoms with E-state index in [4.69, 9.17) is 14.6 Å². The minimum atomic E-state index is -3.69. The average molecular weight is 496 g/mol. The second-order valence-corrected chi connectivity index (χ2v) is 9.17. The highest BCUT2D eigenvalue weighted by Crippen LogP contribution is 2.37. The number of aryl methyl sites for hydroxylation is 1. The van der Waals surface area contributed by atoms with E-state index in [2.05, 4.69) is 15.5 Å². The first-order valence-corrected chi connectivity index (χ1v) is 11.5. The number of nitrogens with zero attached hydrogens (tertiary/aromatic N) is 2. The number of carbonyl (C=O) groups is 1. The van der Waals surface area contributed by atoms with E-state index < -0.39 is 29.5 Å². The molecule has 3 aromatic rings. The molecule has 3 heterocycles. The van der Waals surface area contributed by atoms with Gasteiger partial charge in [-0.3, -0.25) is 4.79 Å². The van der Waals surface area contributed by atoms with Crippen molar-refractivity contribution in [3.8, 4) is 0 Å². The van der Waals surface area contributed by atoms with Crippen molar-refractivity contribution in [3.05, 3.63) is 51.8 Å². The Morgan fingerprint density at radius 3 is 2.74 bits per heavy atom. The van der Waals surface area contributed by atoms with Gasteiger partial charge in [-0.15, -0.1) is 16.4 Å². The molecule has 1 aliphatic rings. The zero-order valence-corrected chi connectivity index (χ0v) is 19.5. The van der Waals surface area contributed by atoms with Crippen molar-refractivity contribution >= 4 is 33.0 Å². The van der Waals surface area contributed by atoms with Crippen LogP contribution in [0.3, 0.4) is 0 Å². The highest BCUT2D eigenvalue weighted by atomic mass is 32.1. The molecule has 182 valence electrons. The number of rotatable bonds is 8. The van der Waals surface area contributed by atoms with Gasteiger partial charge in [0.25, 0.3) is 5.92 Å². The predicted octanol–water partition coefficient (Wildman–Crippen LogP) is 4.21. The molecule has 0 unspecified atom stereocenters. The summed E-state index contributed by atoms with van der Waals surface area (Å²) in [4.78, 5) is 13.8. The summed E-state index contributed by atoms with van der Waals surface area (Å²) in [5.74, 6) is -4.64. The van der Waals surface area contributed by atoms with Crippen LogP contribution in [0.25, 0.3) is 10.1 Å². The number of hydrogen-bond donors (Lipinski definition) is 2. The van der Waals surface area contributed by atoms with Crippen molar-refractivity contribution in [3.63, 3.8) is 0 Å². The first-order valence-electron chi connectivity index (χ1n) is 10.7. The van der Waals surface area contributed by atoms with Crippen LogP contribution in [-0.4, -0.2) is 53.6 Å². The molecule has 0 saturated carbocycles. The van der Waals surface area contributed by atoms with Gasteiger partial charge in [-0.2, -0.15) is 13.9 Å². The first kappa shape index (κ1) is 24.5. The van der Waals surface area contributed by atoms with Crippen LogP contribution in [0, 0.1) is 12.7 Å². The van der Waals surface area contributed by atoms with E-state index >= 15 is 0 Å². The van der Waals surface area contributed by atoms with Gasteiger partial charge in [-0.05, 0) is 19.1 Å². The number of alkyl halides is 2. The summed E-state index contributed by atoms with van der Waals surface area (Å²) >= 11 is 1.27. The molecule has 34 heavy (non-hydrogen) atoms. The van der Waals surface area contributed by atoms with Crippen LogP contribution < -0.4 is 5.32 Å². The molecule has 0 radical (unpaired) electrons. The number of anilines is 1. The maximum Gasteiger partial charge on any atom is 0.298 e. The fourth-order valence-corrected chi connectivity index (χ4v) is 5.14. The van der Waals surface area contributed by atoms with Gasteiger partial charge in [0, 0.05) is 50.7 Å². The minimum Gasteiger partial charge on any atom is -0.390 e. The van der Waals surface area contributed by atoms with Gasteiger partial charge in [0.15, 0.2) is 5.82 Å². The number of thiophene rings is 1. The molecule has 0 aliphatic carbocycles. The number of methoxy groups -OCH3 is 1. The summed E-state index contributed by atoms with van der Waals surface area (Å²) in [5, 5.41) is 20.7. The zero-order chi connectivity index (χ0) is 24.5. The van der Waals surface area contributed by atoms with Gasteiger partial charge in [0.1, 0.15) is 18.0 Å². The van der Waals surface area contributed by atoms with Gasteiger partial charge in [0.05, 0.1) is 20.8 Å². The monoisotopic (exact) mass is 495 g/mol. The van der Waals surface area contributed by atoms with Gasteiger partial charge >= 0.3 is 0 Å². The van der Waals surface area contributed by atoms with Gasteiger partial charge in [-0.1, -0.05) is 12.1 Å². The molecule has 4 rings (SSSR count). The number of carbonyl (C=O) groups excluding carboxylic acids is 1. The smallest absolute Gasteiger partial charge is 0.298 e. The molecule has 0 atom stereocenters. The highest BCUT2D eigenvalue weighted by Gasteiger charge is 2.41. The second kappa shape index (κ2) is 9.57. The Morgan fingerprint density at radius 1 is 1.32 bits per heavy atom. The molecule has 2 aromatic heterocycles. The number of ketones is 1. The molecule has 1 aliphatic heterocycles. The predicted molar refractivity (Wildman–Crippen MR) is 121 cm³/mol. The zero-order valence-electron chi connectivity index (χ0n) is 18.7. The number of aromatic nitrogens is 2. The molecule has 7 nitrogen and oxygen atoms in total. The van der Waals surface area contributed by atoms with Gasteiger partial charge in [0.2, 0.25) is 5.78 Å². The van der Waals surface area contributed by atoms with Gasteiger partial charge in [-0.25, -0.2) is 4.39 Å². The van der Waals surface area contributed by atoms with E-state index in [0.29, 0.717) is 47.8 Å². The molecular formula is C23H24F3N3O4S. The molecule has 0 spiro atoms. The Balaban J connectivity index is 1.64. The molecule has 0 bridgehead atoms. The Kier molecular flexibility index (Phi) is 6.90. The maximum absolute atomic E-state index is 14.7. The number of halogens is 3. The summed E-state index contributed by atoms with van der Waals surface area (Å²) in [6, 6.07) is 5.32. The molecule has 1 saturated heterocycles. The van der Waals surface area contributed by atoms with E-state index in [1.165, 1.54) is 30.6 Å². The van der Waals surface area contributed by atoms with Crippen LogP contribution in [0.15, 0.2) is 24.3 Å². The lowest BCUT2D eigenvalue weighted by Crippen LogP contribution is -2.45. The van der Waals surface area contributed by atoms with E-state index in [1.54, 1.807) is 13.0 Å². The van der Waals surface area contributed by atoms with Crippen molar-refractivity contribution in [2.24, 2.45) is 0 Å². The van der Waals surface area contributed by atoms with Crippen molar-refractivity contribution in [1.29, 1.82) is 0 Å². The van der Waals surface area contributed by atoms with Crippen LogP contribution in [0.2, 0.25) is 0 Å². The Labute approximate surface area is 197 Å². The van der Waals surface area contributed by atoms with E-state index in [9.17, 15) is 18.0 Å². The molecule has 0 amide bonds. The van der Waals surface area contributed by atoms with Crippen molar-refractivity contribution in [2.45, 2.75) is 37.8 Å². The SMILES string of the molecule is COC1(C(=O)c2cc3c(NCc4cccc(C(F)(F)CO)c4F)nnc(C)c3s2)CCOCC1. The number of aliphatic hydroxyl groups is 1. The van der Waals surface area contributed by atoms with Crippen molar-refractivity contribution < 1.29 is 32.5 Å². The molecule has 1 aromatic carbocycles. The van der Waals surface area contributed by atoms with E-state index in [-0.39, 0.29) is 17.9 Å². The molecule has 1 fully saturated rings. The summed E-state index contributed by atoms with van der Waals surface area (Å²) in [6.07, 6.45) is 0.899. The number of hydrogen-bond acceptors (Lipinski definition) is 8. The lowest BCUT2D eigenvalue weighted by Gasteiger charge is -2.33. The third-order valence-corrected chi connectivity index (χ3v) is 7.30. The topological polar surface area (TPSA) is 93.6 Å². The normalized spacial score (nSPS) is 16.1. The van der Waals surface area contributed by atoms with E-state index in [1.807, 2.05) is 0 Å². The Bertz CT molecular complexity index is 1210. The fraction of sp³-hybridized carbons (Fsp3) is 0.435. The Hall–Kier alpha value is -2.60. The van der Waals surface area contributed by atoms with Crippen LogP contribution >= 0.6 is 11.3 Å². The number of nitrogens with one attached hydrogen (secondary N) is 1. The molecule has 2 N–H and O–H groups in total. The summed E-state index contributed by atoms with van der Waals surface area (Å²) < 4.78 is 54.1. The number of Topliss-reactive ketones (excluding diaryl/α,β-unsaturated/α-hetero) is 1. The van der Waals surface area contributed by atoms with Crippen LogP contribution in [0.1, 0.15) is 39.3 Å². The standard InChI is InChI=1S/C23H24F3N3O4S/c1-13-19-15(10-17(34-19)20(31)22(32-2)6-8-33-9-7-22)21(29-28-13)27-11-14-4-3-5-16(18(14)24)23(25,26)12-30/h3-5,10,30H,6-9,11-12H2,1-2H3,(H,27,29). The van der Waals surface area contributed by atoms with Gasteiger partial charge < -0.3 is 19.9 Å². The number of fused-ring (bicyclic) bond motifs is 1. The first-order chi connectivity index (χ1) is 16.2. The van der Waals surface area contributed by atoms with Crippen LogP contribution in [-0.2, 0) is 21.9 Å². The fourth-order valence-electron chi connectivity index (χ4n) is 4.01. The second-order valence-electron chi connectivity index (χ2n) is 8.12. The Morgan fingerprint density at radius 2 is 2.06 bits per heavy atom.